The molecule has 1 fully saturated rings. The smallest absolute Gasteiger partial charge is 0.335 e. The largest absolute Gasteiger partial charge is 0.495 e. The monoisotopic (exact) mass is 305 g/mol. The first-order valence-electron chi connectivity index (χ1n) is 7.84. The van der Waals surface area contributed by atoms with Crippen LogP contribution in [0.4, 0.5) is 5.69 Å². The van der Waals surface area contributed by atoms with Crippen LogP contribution in [-0.2, 0) is 4.79 Å². The molecule has 0 spiro atoms. The lowest BCUT2D eigenvalue weighted by molar-refractivity contribution is -0.120. The van der Waals surface area contributed by atoms with Crippen molar-refractivity contribution in [2.45, 2.75) is 44.9 Å². The van der Waals surface area contributed by atoms with Crippen molar-refractivity contribution in [2.75, 3.05) is 12.4 Å². The third kappa shape index (κ3) is 4.23. The Balaban J connectivity index is 2.08. The minimum absolute atomic E-state index is 0.00303. The highest BCUT2D eigenvalue weighted by Gasteiger charge is 2.20. The van der Waals surface area contributed by atoms with Crippen LogP contribution in [0.1, 0.15) is 55.3 Å². The van der Waals surface area contributed by atoms with E-state index in [1.54, 1.807) is 6.07 Å². The Bertz CT molecular complexity index is 533. The number of carboxylic acid groups (broad SMARTS) is 1. The molecule has 0 unspecified atom stereocenters. The zero-order valence-corrected chi connectivity index (χ0v) is 12.9. The summed E-state index contributed by atoms with van der Waals surface area (Å²) in [5.41, 5.74) is 0.667. The van der Waals surface area contributed by atoms with E-state index in [-0.39, 0.29) is 17.4 Å². The van der Waals surface area contributed by atoms with Crippen LogP contribution in [-0.4, -0.2) is 24.1 Å². The molecule has 0 atom stereocenters. The van der Waals surface area contributed by atoms with Crippen LogP contribution in [0.5, 0.6) is 5.75 Å². The van der Waals surface area contributed by atoms with Gasteiger partial charge in [0.05, 0.1) is 18.4 Å². The van der Waals surface area contributed by atoms with Gasteiger partial charge in [-0.1, -0.05) is 32.1 Å². The number of anilines is 1. The highest BCUT2D eigenvalue weighted by molar-refractivity contribution is 5.95. The summed E-state index contributed by atoms with van der Waals surface area (Å²) < 4.78 is 5.19. The Morgan fingerprint density at radius 1 is 1.14 bits per heavy atom. The molecule has 0 aromatic heterocycles. The molecule has 0 saturated heterocycles. The van der Waals surface area contributed by atoms with Gasteiger partial charge < -0.3 is 15.2 Å². The van der Waals surface area contributed by atoms with E-state index in [1.807, 2.05) is 0 Å². The highest BCUT2D eigenvalue weighted by atomic mass is 16.5. The van der Waals surface area contributed by atoms with Gasteiger partial charge in [0.1, 0.15) is 5.75 Å². The second kappa shape index (κ2) is 7.82. The van der Waals surface area contributed by atoms with Gasteiger partial charge in [-0.15, -0.1) is 0 Å². The molecule has 120 valence electrons. The molecule has 1 aromatic carbocycles. The summed E-state index contributed by atoms with van der Waals surface area (Å²) in [7, 11) is 1.46. The molecule has 0 heterocycles. The Morgan fingerprint density at radius 2 is 1.77 bits per heavy atom. The van der Waals surface area contributed by atoms with E-state index >= 15 is 0 Å². The molecule has 0 aliphatic heterocycles. The van der Waals surface area contributed by atoms with Gasteiger partial charge in [-0.05, 0) is 31.0 Å². The van der Waals surface area contributed by atoms with Crippen molar-refractivity contribution in [3.63, 3.8) is 0 Å². The fourth-order valence-electron chi connectivity index (χ4n) is 2.88. The number of hydrogen-bond donors (Lipinski definition) is 2. The Hall–Kier alpha value is -2.04. The molecule has 0 bridgehead atoms. The van der Waals surface area contributed by atoms with Gasteiger partial charge in [0.2, 0.25) is 5.91 Å². The predicted molar refractivity (Wildman–Crippen MR) is 84.4 cm³/mol. The molecular weight excluding hydrogens is 282 g/mol. The SMILES string of the molecule is COc1cc(C(=O)O)ccc1NC(=O)C1CCCCCCC1. The molecule has 2 rings (SSSR count). The molecule has 5 heteroatoms. The van der Waals surface area contributed by atoms with Crippen molar-refractivity contribution in [1.29, 1.82) is 0 Å². The number of ether oxygens (including phenoxy) is 1. The topological polar surface area (TPSA) is 75.6 Å². The molecule has 1 aliphatic carbocycles. The van der Waals surface area contributed by atoms with Crippen LogP contribution in [0.2, 0.25) is 0 Å². The van der Waals surface area contributed by atoms with E-state index in [2.05, 4.69) is 5.32 Å². The van der Waals surface area contributed by atoms with Gasteiger partial charge >= 0.3 is 5.97 Å². The summed E-state index contributed by atoms with van der Waals surface area (Å²) in [6, 6.07) is 4.48. The number of carbonyl (C=O) groups excluding carboxylic acids is 1. The van der Waals surface area contributed by atoms with Crippen molar-refractivity contribution >= 4 is 17.6 Å². The third-order valence-corrected chi connectivity index (χ3v) is 4.18. The molecule has 22 heavy (non-hydrogen) atoms. The lowest BCUT2D eigenvalue weighted by atomic mass is 9.90. The van der Waals surface area contributed by atoms with E-state index in [9.17, 15) is 9.59 Å². The highest BCUT2D eigenvalue weighted by Crippen LogP contribution is 2.28. The maximum Gasteiger partial charge on any atom is 0.335 e. The fourth-order valence-corrected chi connectivity index (χ4v) is 2.88. The van der Waals surface area contributed by atoms with Crippen molar-refractivity contribution in [2.24, 2.45) is 5.92 Å². The van der Waals surface area contributed by atoms with Gasteiger partial charge in [-0.2, -0.15) is 0 Å². The van der Waals surface area contributed by atoms with Crippen molar-refractivity contribution in [3.05, 3.63) is 23.8 Å². The normalized spacial score (nSPS) is 16.4. The summed E-state index contributed by atoms with van der Waals surface area (Å²) in [5.74, 6) is -0.609. The summed E-state index contributed by atoms with van der Waals surface area (Å²) in [4.78, 5) is 23.4. The second-order valence-corrected chi connectivity index (χ2v) is 5.75. The van der Waals surface area contributed by atoms with Crippen LogP contribution in [0.15, 0.2) is 18.2 Å². The van der Waals surface area contributed by atoms with E-state index in [0.717, 1.165) is 25.7 Å². The minimum atomic E-state index is -1.02. The first kappa shape index (κ1) is 16.3. The first-order valence-corrected chi connectivity index (χ1v) is 7.84. The van der Waals surface area contributed by atoms with Crippen LogP contribution in [0.25, 0.3) is 0 Å². The van der Waals surface area contributed by atoms with Crippen molar-refractivity contribution < 1.29 is 19.4 Å². The van der Waals surface area contributed by atoms with Crippen molar-refractivity contribution in [3.8, 4) is 5.75 Å². The predicted octanol–water partition coefficient (Wildman–Crippen LogP) is 3.69. The maximum atomic E-state index is 12.4. The summed E-state index contributed by atoms with van der Waals surface area (Å²) in [6.07, 6.45) is 7.67. The zero-order valence-electron chi connectivity index (χ0n) is 12.9. The molecule has 0 radical (unpaired) electrons. The molecular formula is C17H23NO4. The molecule has 5 nitrogen and oxygen atoms in total. The first-order chi connectivity index (χ1) is 10.6. The molecule has 1 amide bonds. The Labute approximate surface area is 130 Å². The van der Waals surface area contributed by atoms with E-state index < -0.39 is 5.97 Å². The zero-order chi connectivity index (χ0) is 15.9. The van der Waals surface area contributed by atoms with E-state index in [1.165, 1.54) is 38.5 Å². The van der Waals surface area contributed by atoms with Crippen LogP contribution >= 0.6 is 0 Å². The average Bonchev–Trinajstić information content (AvgIpc) is 2.46. The number of aromatic carboxylic acids is 1. The maximum absolute atomic E-state index is 12.4. The second-order valence-electron chi connectivity index (χ2n) is 5.75. The van der Waals surface area contributed by atoms with Crippen LogP contribution < -0.4 is 10.1 Å². The average molecular weight is 305 g/mol. The number of carboxylic acids is 1. The Morgan fingerprint density at radius 3 is 2.36 bits per heavy atom. The van der Waals surface area contributed by atoms with Crippen LogP contribution in [0.3, 0.4) is 0 Å². The standard InChI is InChI=1S/C17H23NO4/c1-22-15-11-13(17(20)21)9-10-14(15)18-16(19)12-7-5-3-2-4-6-8-12/h9-12H,2-8H2,1H3,(H,18,19)(H,20,21). The van der Waals surface area contributed by atoms with Gasteiger partial charge in [0, 0.05) is 5.92 Å². The Kier molecular flexibility index (Phi) is 5.81. The molecule has 2 N–H and O–H groups in total. The molecule has 1 aliphatic rings. The number of methoxy groups -OCH3 is 1. The number of carbonyl (C=O) groups is 2. The van der Waals surface area contributed by atoms with Gasteiger partial charge in [-0.25, -0.2) is 4.79 Å². The fraction of sp³-hybridized carbons (Fsp3) is 0.529. The summed E-state index contributed by atoms with van der Waals surface area (Å²) in [6.45, 7) is 0. The third-order valence-electron chi connectivity index (χ3n) is 4.18. The molecule has 1 aromatic rings. The quantitative estimate of drug-likeness (QED) is 0.889. The number of rotatable bonds is 4. The van der Waals surface area contributed by atoms with Gasteiger partial charge in [0.15, 0.2) is 0 Å². The van der Waals surface area contributed by atoms with Gasteiger partial charge in [0.25, 0.3) is 0 Å². The lowest BCUT2D eigenvalue weighted by Crippen LogP contribution is -2.24. The number of nitrogens with one attached hydrogen (secondary N) is 1. The van der Waals surface area contributed by atoms with Crippen LogP contribution in [0, 0.1) is 5.92 Å². The lowest BCUT2D eigenvalue weighted by Gasteiger charge is -2.20. The number of hydrogen-bond acceptors (Lipinski definition) is 3. The van der Waals surface area contributed by atoms with E-state index in [0.29, 0.717) is 11.4 Å². The minimum Gasteiger partial charge on any atom is -0.495 e. The summed E-state index contributed by atoms with van der Waals surface area (Å²) in [5, 5.41) is 11.9. The van der Waals surface area contributed by atoms with E-state index in [4.69, 9.17) is 9.84 Å². The van der Waals surface area contributed by atoms with Crippen molar-refractivity contribution in [1.82, 2.24) is 0 Å². The number of amides is 1. The number of benzene rings is 1. The summed E-state index contributed by atoms with van der Waals surface area (Å²) >= 11 is 0. The molecule has 1 saturated carbocycles. The van der Waals surface area contributed by atoms with Gasteiger partial charge in [-0.3, -0.25) is 4.79 Å².